The van der Waals surface area contributed by atoms with Crippen molar-refractivity contribution < 1.29 is 18.6 Å². The number of methoxy groups -OCH3 is 2. The average molecular weight is 389 g/mol. The molecule has 0 amide bonds. The Bertz CT molecular complexity index is 702. The van der Waals surface area contributed by atoms with Crippen LogP contribution in [-0.2, 0) is 17.7 Å². The summed E-state index contributed by atoms with van der Waals surface area (Å²) in [5.74, 6) is 3.21. The minimum atomic E-state index is 0.495. The monoisotopic (exact) mass is 389 g/mol. The maximum absolute atomic E-state index is 5.46. The van der Waals surface area contributed by atoms with Crippen LogP contribution in [0.25, 0.3) is 0 Å². The first-order valence-corrected chi connectivity index (χ1v) is 9.60. The van der Waals surface area contributed by atoms with Gasteiger partial charge in [0.2, 0.25) is 0 Å². The van der Waals surface area contributed by atoms with Crippen LogP contribution in [0, 0.1) is 0 Å². The summed E-state index contributed by atoms with van der Waals surface area (Å²) in [6, 6.07) is 9.61. The third-order valence-electron chi connectivity index (χ3n) is 4.11. The second-order valence-corrected chi connectivity index (χ2v) is 6.08. The van der Waals surface area contributed by atoms with Crippen LogP contribution >= 0.6 is 0 Å². The Hall–Kier alpha value is -2.67. The fraction of sp³-hybridized carbons (Fsp3) is 0.476. The maximum atomic E-state index is 5.46. The molecule has 7 heteroatoms. The van der Waals surface area contributed by atoms with Gasteiger partial charge in [-0.2, -0.15) is 0 Å². The fourth-order valence-corrected chi connectivity index (χ4v) is 2.61. The Morgan fingerprint density at radius 3 is 2.68 bits per heavy atom. The first kappa shape index (κ1) is 21.6. The van der Waals surface area contributed by atoms with Crippen LogP contribution in [-0.4, -0.2) is 46.5 Å². The van der Waals surface area contributed by atoms with Crippen LogP contribution in [0.1, 0.15) is 24.7 Å². The Morgan fingerprint density at radius 1 is 1.11 bits per heavy atom. The van der Waals surface area contributed by atoms with Crippen LogP contribution in [0.5, 0.6) is 11.5 Å². The van der Waals surface area contributed by atoms with Gasteiger partial charge in [0.05, 0.1) is 27.0 Å². The first-order chi connectivity index (χ1) is 13.8. The van der Waals surface area contributed by atoms with E-state index in [1.807, 2.05) is 37.3 Å². The molecule has 0 spiro atoms. The molecule has 1 heterocycles. The highest BCUT2D eigenvalue weighted by Gasteiger charge is 2.06. The van der Waals surface area contributed by atoms with E-state index in [0.717, 1.165) is 67.9 Å². The van der Waals surface area contributed by atoms with Gasteiger partial charge in [0.25, 0.3) is 0 Å². The first-order valence-electron chi connectivity index (χ1n) is 9.60. The van der Waals surface area contributed by atoms with Crippen molar-refractivity contribution in [3.05, 3.63) is 47.9 Å². The lowest BCUT2D eigenvalue weighted by Crippen LogP contribution is -2.39. The van der Waals surface area contributed by atoms with Crippen molar-refractivity contribution in [2.45, 2.75) is 26.3 Å². The summed E-state index contributed by atoms with van der Waals surface area (Å²) in [6.07, 6.45) is 3.39. The van der Waals surface area contributed by atoms with Gasteiger partial charge in [-0.25, -0.2) is 4.99 Å². The molecule has 154 valence electrons. The molecule has 7 nitrogen and oxygen atoms in total. The highest BCUT2D eigenvalue weighted by molar-refractivity contribution is 5.79. The third kappa shape index (κ3) is 7.52. The standard InChI is InChI=1S/C21H31N3O4/c1-4-27-13-6-11-22-21(23-12-10-18-7-5-14-28-18)24-16-17-8-9-19(25-2)15-20(17)26-3/h5,7-9,14-15H,4,6,10-13,16H2,1-3H3,(H2,22,23,24). The van der Waals surface area contributed by atoms with Crippen molar-refractivity contribution in [3.8, 4) is 11.5 Å². The lowest BCUT2D eigenvalue weighted by molar-refractivity contribution is 0.145. The number of nitrogens with one attached hydrogen (secondary N) is 2. The average Bonchev–Trinajstić information content (AvgIpc) is 3.24. The molecule has 2 rings (SSSR count). The van der Waals surface area contributed by atoms with E-state index >= 15 is 0 Å². The van der Waals surface area contributed by atoms with Gasteiger partial charge in [0, 0.05) is 44.4 Å². The van der Waals surface area contributed by atoms with Gasteiger partial charge in [-0.15, -0.1) is 0 Å². The molecule has 0 radical (unpaired) electrons. The normalized spacial score (nSPS) is 11.3. The largest absolute Gasteiger partial charge is 0.497 e. The van der Waals surface area contributed by atoms with E-state index in [1.165, 1.54) is 0 Å². The van der Waals surface area contributed by atoms with Crippen molar-refractivity contribution in [1.82, 2.24) is 10.6 Å². The van der Waals surface area contributed by atoms with E-state index < -0.39 is 0 Å². The van der Waals surface area contributed by atoms with Crippen molar-refractivity contribution >= 4 is 5.96 Å². The number of ether oxygens (including phenoxy) is 3. The summed E-state index contributed by atoms with van der Waals surface area (Å²) in [5.41, 5.74) is 0.991. The molecule has 2 aromatic rings. The van der Waals surface area contributed by atoms with Gasteiger partial charge in [0.1, 0.15) is 17.3 Å². The smallest absolute Gasteiger partial charge is 0.191 e. The Labute approximate surface area is 167 Å². The van der Waals surface area contributed by atoms with Gasteiger partial charge in [-0.3, -0.25) is 0 Å². The van der Waals surface area contributed by atoms with E-state index in [2.05, 4.69) is 10.6 Å². The van der Waals surface area contributed by atoms with Gasteiger partial charge in [0.15, 0.2) is 5.96 Å². The third-order valence-corrected chi connectivity index (χ3v) is 4.11. The zero-order valence-corrected chi connectivity index (χ0v) is 17.0. The second-order valence-electron chi connectivity index (χ2n) is 6.08. The summed E-state index contributed by atoms with van der Waals surface area (Å²) < 4.78 is 21.5. The molecule has 0 atom stereocenters. The van der Waals surface area contributed by atoms with Crippen LogP contribution in [0.15, 0.2) is 46.0 Å². The van der Waals surface area contributed by atoms with Gasteiger partial charge < -0.3 is 29.3 Å². The number of hydrogen-bond donors (Lipinski definition) is 2. The molecule has 0 saturated carbocycles. The van der Waals surface area contributed by atoms with E-state index in [9.17, 15) is 0 Å². The maximum Gasteiger partial charge on any atom is 0.191 e. The molecule has 0 aliphatic carbocycles. The molecule has 0 saturated heterocycles. The molecule has 0 unspecified atom stereocenters. The molecule has 0 aliphatic rings. The number of guanidine groups is 1. The molecule has 2 N–H and O–H groups in total. The summed E-state index contributed by atoms with van der Waals surface area (Å²) in [5, 5.41) is 6.70. The molecule has 0 fully saturated rings. The van der Waals surface area contributed by atoms with Crippen LogP contribution in [0.2, 0.25) is 0 Å². The second kappa shape index (κ2) is 12.7. The lowest BCUT2D eigenvalue weighted by Gasteiger charge is -2.13. The highest BCUT2D eigenvalue weighted by Crippen LogP contribution is 2.25. The lowest BCUT2D eigenvalue weighted by atomic mass is 10.2. The van der Waals surface area contributed by atoms with Gasteiger partial charge in [-0.05, 0) is 37.6 Å². The molecular formula is C21H31N3O4. The number of rotatable bonds is 12. The summed E-state index contributed by atoms with van der Waals surface area (Å²) in [4.78, 5) is 4.70. The minimum Gasteiger partial charge on any atom is -0.497 e. The molecule has 0 bridgehead atoms. The van der Waals surface area contributed by atoms with Crippen LogP contribution in [0.4, 0.5) is 0 Å². The summed E-state index contributed by atoms with van der Waals surface area (Å²) in [6.45, 7) is 5.47. The molecule has 28 heavy (non-hydrogen) atoms. The number of furan rings is 1. The molecule has 1 aromatic heterocycles. The predicted molar refractivity (Wildman–Crippen MR) is 110 cm³/mol. The zero-order chi connectivity index (χ0) is 20.0. The molecule has 1 aromatic carbocycles. The number of hydrogen-bond acceptors (Lipinski definition) is 5. The Kier molecular flexibility index (Phi) is 9.79. The van der Waals surface area contributed by atoms with Crippen LogP contribution in [0.3, 0.4) is 0 Å². The Morgan fingerprint density at radius 2 is 1.96 bits per heavy atom. The fourth-order valence-electron chi connectivity index (χ4n) is 2.61. The van der Waals surface area contributed by atoms with Crippen molar-refractivity contribution in [3.63, 3.8) is 0 Å². The van der Waals surface area contributed by atoms with Gasteiger partial charge >= 0.3 is 0 Å². The number of benzene rings is 1. The van der Waals surface area contributed by atoms with Crippen LogP contribution < -0.4 is 20.1 Å². The van der Waals surface area contributed by atoms with Crippen molar-refractivity contribution in [2.75, 3.05) is 40.5 Å². The molecule has 0 aliphatic heterocycles. The van der Waals surface area contributed by atoms with Crippen molar-refractivity contribution in [1.29, 1.82) is 0 Å². The van der Waals surface area contributed by atoms with E-state index in [1.54, 1.807) is 20.5 Å². The SMILES string of the molecule is CCOCCCNC(=NCc1ccc(OC)cc1OC)NCCc1ccco1. The Balaban J connectivity index is 1.95. The number of nitrogens with zero attached hydrogens (tertiary/aromatic N) is 1. The predicted octanol–water partition coefficient (Wildman–Crippen LogP) is 3.00. The van der Waals surface area contributed by atoms with Crippen molar-refractivity contribution in [2.24, 2.45) is 4.99 Å². The molecular weight excluding hydrogens is 358 g/mol. The zero-order valence-electron chi connectivity index (χ0n) is 17.0. The van der Waals surface area contributed by atoms with E-state index in [0.29, 0.717) is 6.54 Å². The number of aliphatic imine (C=N–C) groups is 1. The van der Waals surface area contributed by atoms with E-state index in [4.69, 9.17) is 23.6 Å². The summed E-state index contributed by atoms with van der Waals surface area (Å²) >= 11 is 0. The van der Waals surface area contributed by atoms with E-state index in [-0.39, 0.29) is 0 Å². The van der Waals surface area contributed by atoms with Gasteiger partial charge in [-0.1, -0.05) is 0 Å². The quantitative estimate of drug-likeness (QED) is 0.330. The topological polar surface area (TPSA) is 77.2 Å². The summed E-state index contributed by atoms with van der Waals surface area (Å²) in [7, 11) is 3.29. The highest BCUT2D eigenvalue weighted by atomic mass is 16.5. The minimum absolute atomic E-state index is 0.495.